The zero-order valence-corrected chi connectivity index (χ0v) is 10.3. The van der Waals surface area contributed by atoms with Crippen LogP contribution in [0.2, 0.25) is 0 Å². The Balaban J connectivity index is 2.19. The van der Waals surface area contributed by atoms with Gasteiger partial charge in [0.15, 0.2) is 0 Å². The Hall–Kier alpha value is -2.66. The lowest BCUT2D eigenvalue weighted by molar-refractivity contribution is 0.627. The molecule has 2 rings (SSSR count). The molecule has 0 spiro atoms. The average molecular weight is 249 g/mol. The lowest BCUT2D eigenvalue weighted by Gasteiger charge is -1.97. The van der Waals surface area contributed by atoms with Crippen molar-refractivity contribution >= 4 is 11.6 Å². The number of nitriles is 1. The molecule has 0 aliphatic rings. The zero-order valence-electron chi connectivity index (χ0n) is 10.3. The van der Waals surface area contributed by atoms with Crippen LogP contribution in [-0.4, -0.2) is 0 Å². The highest BCUT2D eigenvalue weighted by Gasteiger charge is 1.98. The van der Waals surface area contributed by atoms with Gasteiger partial charge in [0.1, 0.15) is 5.82 Å². The fourth-order valence-corrected chi connectivity index (χ4v) is 1.65. The number of hydrogen-bond donors (Lipinski definition) is 0. The molecule has 1 nitrogen and oxygen atoms in total. The summed E-state index contributed by atoms with van der Waals surface area (Å²) in [6.07, 6.45) is 5.46. The van der Waals surface area contributed by atoms with Gasteiger partial charge in [0.2, 0.25) is 0 Å². The highest BCUT2D eigenvalue weighted by molar-refractivity contribution is 5.78. The second-order valence-electron chi connectivity index (χ2n) is 3.97. The Morgan fingerprint density at radius 1 is 1.00 bits per heavy atom. The van der Waals surface area contributed by atoms with Crippen LogP contribution in [0.4, 0.5) is 4.39 Å². The van der Waals surface area contributed by atoms with Gasteiger partial charge in [-0.1, -0.05) is 54.6 Å². The molecule has 0 saturated carbocycles. The summed E-state index contributed by atoms with van der Waals surface area (Å²) in [5, 5.41) is 9.10. The normalized spacial score (nSPS) is 11.5. The maximum absolute atomic E-state index is 12.8. The van der Waals surface area contributed by atoms with Gasteiger partial charge in [0, 0.05) is 0 Å². The number of benzene rings is 2. The third-order valence-electron chi connectivity index (χ3n) is 2.63. The van der Waals surface area contributed by atoms with E-state index in [0.29, 0.717) is 11.1 Å². The minimum Gasteiger partial charge on any atom is -0.207 e. The molecular formula is C17H12FN. The maximum atomic E-state index is 12.8. The first kappa shape index (κ1) is 12.8. The van der Waals surface area contributed by atoms with Gasteiger partial charge in [-0.15, -0.1) is 0 Å². The lowest BCUT2D eigenvalue weighted by atomic mass is 10.1. The first-order chi connectivity index (χ1) is 9.29. The predicted octanol–water partition coefficient (Wildman–Crippen LogP) is 4.45. The number of nitrogens with zero attached hydrogens (tertiary/aromatic N) is 1. The van der Waals surface area contributed by atoms with Gasteiger partial charge < -0.3 is 0 Å². The van der Waals surface area contributed by atoms with E-state index in [1.54, 1.807) is 18.2 Å². The number of hydrogen-bond acceptors (Lipinski definition) is 1. The highest BCUT2D eigenvalue weighted by atomic mass is 19.1. The van der Waals surface area contributed by atoms with Gasteiger partial charge in [-0.25, -0.2) is 4.39 Å². The summed E-state index contributed by atoms with van der Waals surface area (Å²) in [5.74, 6) is -0.305. The van der Waals surface area contributed by atoms with E-state index in [-0.39, 0.29) is 5.82 Å². The van der Waals surface area contributed by atoms with Crippen molar-refractivity contribution in [2.45, 2.75) is 0 Å². The monoisotopic (exact) mass is 249 g/mol. The van der Waals surface area contributed by atoms with Crippen LogP contribution in [0.15, 0.2) is 66.7 Å². The van der Waals surface area contributed by atoms with Crippen molar-refractivity contribution in [3.63, 3.8) is 0 Å². The Labute approximate surface area is 111 Å². The van der Waals surface area contributed by atoms with Crippen molar-refractivity contribution in [3.05, 3.63) is 83.7 Å². The maximum Gasteiger partial charge on any atom is 0.123 e. The zero-order chi connectivity index (χ0) is 13.5. The highest BCUT2D eigenvalue weighted by Crippen LogP contribution is 2.14. The summed E-state index contributed by atoms with van der Waals surface area (Å²) >= 11 is 0. The minimum absolute atomic E-state index is 0.305. The molecule has 2 heteroatoms. The van der Waals surface area contributed by atoms with Crippen molar-refractivity contribution in [2.24, 2.45) is 0 Å². The van der Waals surface area contributed by atoms with Crippen LogP contribution < -0.4 is 0 Å². The average Bonchev–Trinajstić information content (AvgIpc) is 2.46. The molecule has 0 atom stereocenters. The van der Waals surface area contributed by atoms with Crippen LogP contribution in [0.1, 0.15) is 11.1 Å². The molecular weight excluding hydrogens is 237 g/mol. The van der Waals surface area contributed by atoms with Crippen molar-refractivity contribution in [1.82, 2.24) is 0 Å². The van der Waals surface area contributed by atoms with Gasteiger partial charge >= 0.3 is 0 Å². The third kappa shape index (κ3) is 3.65. The van der Waals surface area contributed by atoms with Crippen LogP contribution in [0, 0.1) is 17.1 Å². The van der Waals surface area contributed by atoms with Crippen LogP contribution in [0.25, 0.3) is 11.6 Å². The number of halogens is 1. The van der Waals surface area contributed by atoms with Crippen molar-refractivity contribution in [1.29, 1.82) is 5.26 Å². The third-order valence-corrected chi connectivity index (χ3v) is 2.63. The second kappa shape index (κ2) is 6.32. The van der Waals surface area contributed by atoms with E-state index in [9.17, 15) is 4.39 Å². The molecule has 0 saturated heterocycles. The topological polar surface area (TPSA) is 23.8 Å². The van der Waals surface area contributed by atoms with Crippen molar-refractivity contribution in [3.8, 4) is 6.07 Å². The Bertz CT molecular complexity index is 631. The summed E-state index contributed by atoms with van der Waals surface area (Å²) in [7, 11) is 0. The van der Waals surface area contributed by atoms with Gasteiger partial charge in [-0.3, -0.25) is 0 Å². The summed E-state index contributed by atoms with van der Waals surface area (Å²) in [5.41, 5.74) is 2.28. The summed E-state index contributed by atoms with van der Waals surface area (Å²) < 4.78 is 12.8. The lowest BCUT2D eigenvalue weighted by Crippen LogP contribution is -1.81. The Kier molecular flexibility index (Phi) is 4.25. The first-order valence-corrected chi connectivity index (χ1v) is 5.89. The van der Waals surface area contributed by atoms with E-state index in [4.69, 9.17) is 5.26 Å². The molecule has 92 valence electrons. The predicted molar refractivity (Wildman–Crippen MR) is 75.5 cm³/mol. The minimum atomic E-state index is -0.305. The van der Waals surface area contributed by atoms with Crippen molar-refractivity contribution in [2.75, 3.05) is 0 Å². The SMILES string of the molecule is N#CC(=CC=Cc1ccccc1)c1ccc(F)cc1. The molecule has 2 aromatic rings. The van der Waals surface area contributed by atoms with E-state index in [0.717, 1.165) is 5.56 Å². The molecule has 0 radical (unpaired) electrons. The molecule has 0 unspecified atom stereocenters. The van der Waals surface area contributed by atoms with Crippen molar-refractivity contribution < 1.29 is 4.39 Å². The standard InChI is InChI=1S/C17H12FN/c18-17-11-9-15(10-12-17)16(13-19)8-4-7-14-5-2-1-3-6-14/h1-12H. The molecule has 0 aliphatic heterocycles. The molecule has 0 N–H and O–H groups in total. The summed E-state index contributed by atoms with van der Waals surface area (Å²) in [6, 6.07) is 17.8. The van der Waals surface area contributed by atoms with E-state index < -0.39 is 0 Å². The number of allylic oxidation sites excluding steroid dienone is 3. The van der Waals surface area contributed by atoms with Crippen LogP contribution in [0.3, 0.4) is 0 Å². The molecule has 0 fully saturated rings. The van der Waals surface area contributed by atoms with E-state index in [1.165, 1.54) is 12.1 Å². The second-order valence-corrected chi connectivity index (χ2v) is 3.97. The van der Waals surface area contributed by atoms with E-state index in [2.05, 4.69) is 6.07 Å². The molecule has 0 aliphatic carbocycles. The Morgan fingerprint density at radius 3 is 2.32 bits per heavy atom. The largest absolute Gasteiger partial charge is 0.207 e. The molecule has 0 aromatic heterocycles. The molecule has 19 heavy (non-hydrogen) atoms. The van der Waals surface area contributed by atoms with Gasteiger partial charge in [-0.05, 0) is 29.3 Å². The van der Waals surface area contributed by atoms with E-state index >= 15 is 0 Å². The van der Waals surface area contributed by atoms with Crippen LogP contribution >= 0.6 is 0 Å². The number of rotatable bonds is 3. The van der Waals surface area contributed by atoms with Crippen LogP contribution in [-0.2, 0) is 0 Å². The van der Waals surface area contributed by atoms with Gasteiger partial charge in [-0.2, -0.15) is 5.26 Å². The Morgan fingerprint density at radius 2 is 1.68 bits per heavy atom. The first-order valence-electron chi connectivity index (χ1n) is 5.89. The molecule has 0 bridgehead atoms. The van der Waals surface area contributed by atoms with Gasteiger partial charge in [0.25, 0.3) is 0 Å². The molecule has 2 aromatic carbocycles. The molecule has 0 heterocycles. The fraction of sp³-hybridized carbons (Fsp3) is 0. The molecule has 0 amide bonds. The smallest absolute Gasteiger partial charge is 0.123 e. The summed E-state index contributed by atoms with van der Waals surface area (Å²) in [4.78, 5) is 0. The summed E-state index contributed by atoms with van der Waals surface area (Å²) in [6.45, 7) is 0. The van der Waals surface area contributed by atoms with Gasteiger partial charge in [0.05, 0.1) is 11.6 Å². The van der Waals surface area contributed by atoms with Crippen LogP contribution in [0.5, 0.6) is 0 Å². The fourth-order valence-electron chi connectivity index (χ4n) is 1.65. The quantitative estimate of drug-likeness (QED) is 0.582. The van der Waals surface area contributed by atoms with E-state index in [1.807, 2.05) is 42.5 Å².